The maximum absolute atomic E-state index is 6.36. The van der Waals surface area contributed by atoms with Crippen molar-refractivity contribution in [2.24, 2.45) is 11.3 Å². The summed E-state index contributed by atoms with van der Waals surface area (Å²) < 4.78 is 6.03. The summed E-state index contributed by atoms with van der Waals surface area (Å²) in [5, 5.41) is 0.411. The van der Waals surface area contributed by atoms with E-state index in [0.717, 1.165) is 18.9 Å². The van der Waals surface area contributed by atoms with E-state index in [9.17, 15) is 0 Å². The molecule has 14 heavy (non-hydrogen) atoms. The van der Waals surface area contributed by atoms with E-state index in [-0.39, 0.29) is 0 Å². The Morgan fingerprint density at radius 3 is 2.50 bits per heavy atom. The topological polar surface area (TPSA) is 9.23 Å². The molecule has 3 fully saturated rings. The van der Waals surface area contributed by atoms with Gasteiger partial charge in [-0.2, -0.15) is 0 Å². The van der Waals surface area contributed by atoms with Gasteiger partial charge in [0.2, 0.25) is 0 Å². The first-order valence-electron chi connectivity index (χ1n) is 6.07. The molecule has 0 N–H and O–H groups in total. The van der Waals surface area contributed by atoms with Gasteiger partial charge in [-0.05, 0) is 38.0 Å². The molecule has 3 saturated carbocycles. The highest BCUT2D eigenvalue weighted by atomic mass is 35.5. The molecule has 0 aromatic carbocycles. The lowest BCUT2D eigenvalue weighted by Crippen LogP contribution is -2.54. The van der Waals surface area contributed by atoms with Crippen molar-refractivity contribution in [1.82, 2.24) is 0 Å². The Kier molecular flexibility index (Phi) is 2.29. The predicted octanol–water partition coefficient (Wildman–Crippen LogP) is 3.35. The molecule has 1 nitrogen and oxygen atoms in total. The molecule has 0 aromatic rings. The molecule has 0 saturated heterocycles. The highest BCUT2D eigenvalue weighted by molar-refractivity contribution is 6.21. The summed E-state index contributed by atoms with van der Waals surface area (Å²) in [6.07, 6.45) is 9.77. The number of hydrogen-bond donors (Lipinski definition) is 0. The summed E-state index contributed by atoms with van der Waals surface area (Å²) in [5.41, 5.74) is 0.399. The third-order valence-corrected chi connectivity index (χ3v) is 5.06. The van der Waals surface area contributed by atoms with E-state index in [1.54, 1.807) is 0 Å². The summed E-state index contributed by atoms with van der Waals surface area (Å²) in [6.45, 7) is 1.01. The van der Waals surface area contributed by atoms with E-state index >= 15 is 0 Å². The molecular formula is C12H19ClO. The Labute approximate surface area is 91.2 Å². The molecule has 0 heterocycles. The lowest BCUT2D eigenvalue weighted by atomic mass is 9.64. The van der Waals surface area contributed by atoms with Crippen molar-refractivity contribution in [2.75, 3.05) is 6.61 Å². The first kappa shape index (κ1) is 9.47. The molecule has 0 bridgehead atoms. The minimum absolute atomic E-state index is 0.399. The average molecular weight is 215 g/mol. The molecule has 1 spiro atoms. The number of halogens is 1. The van der Waals surface area contributed by atoms with Crippen LogP contribution in [0, 0.1) is 11.3 Å². The van der Waals surface area contributed by atoms with Crippen molar-refractivity contribution in [2.45, 2.75) is 56.4 Å². The Balaban J connectivity index is 1.57. The Bertz CT molecular complexity index is 218. The molecule has 3 rings (SSSR count). The van der Waals surface area contributed by atoms with E-state index in [0.29, 0.717) is 16.9 Å². The molecule has 3 aliphatic rings. The lowest BCUT2D eigenvalue weighted by molar-refractivity contribution is -0.107. The summed E-state index contributed by atoms with van der Waals surface area (Å²) in [6, 6.07) is 0. The van der Waals surface area contributed by atoms with Gasteiger partial charge in [0.1, 0.15) is 0 Å². The summed E-state index contributed by atoms with van der Waals surface area (Å²) in [5.74, 6) is 0.892. The van der Waals surface area contributed by atoms with Crippen LogP contribution in [0.1, 0.15) is 44.9 Å². The van der Waals surface area contributed by atoms with Crippen LogP contribution in [0.2, 0.25) is 0 Å². The largest absolute Gasteiger partial charge is 0.377 e. The van der Waals surface area contributed by atoms with Gasteiger partial charge in [0.25, 0.3) is 0 Å². The standard InChI is InChI=1S/C12H19ClO/c13-10-7-11(14-8-9-3-4-9)12(10)5-1-2-6-12/h9-11H,1-8H2. The Morgan fingerprint density at radius 1 is 1.21 bits per heavy atom. The second kappa shape index (κ2) is 3.38. The van der Waals surface area contributed by atoms with Crippen molar-refractivity contribution in [1.29, 1.82) is 0 Å². The summed E-state index contributed by atoms with van der Waals surface area (Å²) in [7, 11) is 0. The molecule has 0 aliphatic heterocycles. The molecule has 0 amide bonds. The van der Waals surface area contributed by atoms with E-state index < -0.39 is 0 Å². The normalized spacial score (nSPS) is 40.1. The van der Waals surface area contributed by atoms with Gasteiger partial charge < -0.3 is 4.74 Å². The van der Waals surface area contributed by atoms with E-state index in [4.69, 9.17) is 16.3 Å². The van der Waals surface area contributed by atoms with Gasteiger partial charge in [-0.1, -0.05) is 12.8 Å². The Hall–Kier alpha value is 0.250. The molecular weight excluding hydrogens is 196 g/mol. The maximum atomic E-state index is 6.36. The number of alkyl halides is 1. The van der Waals surface area contributed by atoms with Crippen molar-refractivity contribution in [3.05, 3.63) is 0 Å². The quantitative estimate of drug-likeness (QED) is 0.655. The molecule has 2 unspecified atom stereocenters. The monoisotopic (exact) mass is 214 g/mol. The third-order valence-electron chi connectivity index (χ3n) is 4.45. The lowest BCUT2D eigenvalue weighted by Gasteiger charge is -2.51. The number of ether oxygens (including phenoxy) is 1. The van der Waals surface area contributed by atoms with Crippen LogP contribution >= 0.6 is 11.6 Å². The van der Waals surface area contributed by atoms with Gasteiger partial charge in [-0.15, -0.1) is 11.6 Å². The van der Waals surface area contributed by atoms with Crippen LogP contribution in [0.4, 0.5) is 0 Å². The van der Waals surface area contributed by atoms with E-state index in [1.807, 2.05) is 0 Å². The highest BCUT2D eigenvalue weighted by Gasteiger charge is 2.56. The fraction of sp³-hybridized carbons (Fsp3) is 1.00. The number of hydrogen-bond acceptors (Lipinski definition) is 1. The molecule has 80 valence electrons. The molecule has 0 radical (unpaired) electrons. The first-order valence-corrected chi connectivity index (χ1v) is 6.50. The fourth-order valence-electron chi connectivity index (χ4n) is 3.14. The van der Waals surface area contributed by atoms with Crippen LogP contribution in [0.25, 0.3) is 0 Å². The predicted molar refractivity (Wildman–Crippen MR) is 57.6 cm³/mol. The van der Waals surface area contributed by atoms with Crippen LogP contribution < -0.4 is 0 Å². The van der Waals surface area contributed by atoms with E-state index in [2.05, 4.69) is 0 Å². The van der Waals surface area contributed by atoms with Gasteiger partial charge in [0.15, 0.2) is 0 Å². The van der Waals surface area contributed by atoms with E-state index in [1.165, 1.54) is 38.5 Å². The van der Waals surface area contributed by atoms with Gasteiger partial charge in [0.05, 0.1) is 6.10 Å². The van der Waals surface area contributed by atoms with Crippen molar-refractivity contribution < 1.29 is 4.74 Å². The molecule has 0 aromatic heterocycles. The zero-order valence-corrected chi connectivity index (χ0v) is 9.43. The molecule has 2 atom stereocenters. The molecule has 3 aliphatic carbocycles. The summed E-state index contributed by atoms with van der Waals surface area (Å²) >= 11 is 6.36. The SMILES string of the molecule is ClC1CC(OCC2CC2)C12CCCC2. The second-order valence-electron chi connectivity index (χ2n) is 5.41. The van der Waals surface area contributed by atoms with Crippen LogP contribution in [-0.4, -0.2) is 18.1 Å². The zero-order chi connectivity index (χ0) is 9.60. The van der Waals surface area contributed by atoms with Crippen molar-refractivity contribution >= 4 is 11.6 Å². The number of rotatable bonds is 3. The minimum atomic E-state index is 0.399. The maximum Gasteiger partial charge on any atom is 0.0659 e. The second-order valence-corrected chi connectivity index (χ2v) is 5.94. The van der Waals surface area contributed by atoms with Crippen LogP contribution in [0.5, 0.6) is 0 Å². The van der Waals surface area contributed by atoms with Crippen LogP contribution in [0.15, 0.2) is 0 Å². The van der Waals surface area contributed by atoms with Gasteiger partial charge in [0, 0.05) is 17.4 Å². The summed E-state index contributed by atoms with van der Waals surface area (Å²) in [4.78, 5) is 0. The van der Waals surface area contributed by atoms with Gasteiger partial charge in [-0.25, -0.2) is 0 Å². The zero-order valence-electron chi connectivity index (χ0n) is 8.68. The fourth-order valence-corrected chi connectivity index (χ4v) is 3.66. The highest BCUT2D eigenvalue weighted by Crippen LogP contribution is 2.57. The van der Waals surface area contributed by atoms with Crippen molar-refractivity contribution in [3.63, 3.8) is 0 Å². The van der Waals surface area contributed by atoms with Gasteiger partial charge >= 0.3 is 0 Å². The van der Waals surface area contributed by atoms with Gasteiger partial charge in [-0.3, -0.25) is 0 Å². The smallest absolute Gasteiger partial charge is 0.0659 e. The first-order chi connectivity index (χ1) is 6.81. The van der Waals surface area contributed by atoms with Crippen LogP contribution in [0.3, 0.4) is 0 Å². The van der Waals surface area contributed by atoms with Crippen LogP contribution in [-0.2, 0) is 4.74 Å². The molecule has 2 heteroatoms. The average Bonchev–Trinajstić information content (AvgIpc) is 2.84. The van der Waals surface area contributed by atoms with Crippen molar-refractivity contribution in [3.8, 4) is 0 Å². The Morgan fingerprint density at radius 2 is 1.93 bits per heavy atom. The minimum Gasteiger partial charge on any atom is -0.377 e. The third kappa shape index (κ3) is 1.40.